The minimum absolute atomic E-state index is 0.171. The highest BCUT2D eigenvalue weighted by Gasteiger charge is 2.30. The average Bonchev–Trinajstić information content (AvgIpc) is 2.99. The van der Waals surface area contributed by atoms with Crippen LogP contribution in [0.1, 0.15) is 15.9 Å². The molecule has 24 heavy (non-hydrogen) atoms. The molecule has 0 saturated carbocycles. The smallest absolute Gasteiger partial charge is 0.263 e. The first-order valence-electron chi connectivity index (χ1n) is 7.48. The predicted molar refractivity (Wildman–Crippen MR) is 83.3 cm³/mol. The Morgan fingerprint density at radius 3 is 2.96 bits per heavy atom. The minimum atomic E-state index is -0.714. The zero-order chi connectivity index (χ0) is 17.1. The molecule has 1 amide bonds. The van der Waals surface area contributed by atoms with E-state index >= 15 is 0 Å². The first-order valence-corrected chi connectivity index (χ1v) is 7.48. The Bertz CT molecular complexity index is 767. The first-order chi connectivity index (χ1) is 11.6. The molecule has 5 nitrogen and oxygen atoms in total. The average molecular weight is 334 g/mol. The molecule has 0 saturated heterocycles. The van der Waals surface area contributed by atoms with Gasteiger partial charge in [0.2, 0.25) is 5.88 Å². The highest BCUT2D eigenvalue weighted by atomic mass is 19.1. The van der Waals surface area contributed by atoms with E-state index in [1.54, 1.807) is 12.1 Å². The zero-order valence-electron chi connectivity index (χ0n) is 13.1. The molecule has 1 aliphatic rings. The number of anilines is 1. The van der Waals surface area contributed by atoms with E-state index in [1.807, 2.05) is 0 Å². The summed E-state index contributed by atoms with van der Waals surface area (Å²) < 4.78 is 37.7. The second-order valence-electron chi connectivity index (χ2n) is 5.29. The van der Waals surface area contributed by atoms with E-state index in [4.69, 9.17) is 9.47 Å². The monoisotopic (exact) mass is 334 g/mol. The number of halogens is 2. The predicted octanol–water partition coefficient (Wildman–Crippen LogP) is 2.59. The van der Waals surface area contributed by atoms with Gasteiger partial charge in [-0.05, 0) is 24.6 Å². The van der Waals surface area contributed by atoms with Gasteiger partial charge in [-0.2, -0.15) is 0 Å². The van der Waals surface area contributed by atoms with Gasteiger partial charge >= 0.3 is 0 Å². The molecule has 0 N–H and O–H groups in total. The minimum Gasteiger partial charge on any atom is -0.475 e. The number of benzene rings is 1. The third kappa shape index (κ3) is 3.07. The third-order valence-corrected chi connectivity index (χ3v) is 3.79. The maximum Gasteiger partial charge on any atom is 0.263 e. The standard InChI is InChI=1S/C17H16F2N2O3/c1-23-7-8-24-16-13(3-2-5-20-16)17(22)21-6-4-12-14(19)9-11(18)10-15(12)21/h2-3,5,9-10H,4,6-8H2,1H3. The maximum absolute atomic E-state index is 13.8. The SMILES string of the molecule is COCCOc1ncccc1C(=O)N1CCc2c(F)cc(F)cc21. The van der Waals surface area contributed by atoms with Gasteiger partial charge in [0.1, 0.15) is 23.8 Å². The molecule has 0 bridgehead atoms. The van der Waals surface area contributed by atoms with Crippen LogP contribution in [0.2, 0.25) is 0 Å². The lowest BCUT2D eigenvalue weighted by molar-refractivity contribution is 0.0979. The van der Waals surface area contributed by atoms with Gasteiger partial charge in [-0.25, -0.2) is 13.8 Å². The van der Waals surface area contributed by atoms with Gasteiger partial charge in [0, 0.05) is 31.5 Å². The van der Waals surface area contributed by atoms with E-state index in [-0.39, 0.29) is 30.3 Å². The van der Waals surface area contributed by atoms with Crippen LogP contribution in [0, 0.1) is 11.6 Å². The van der Waals surface area contributed by atoms with Gasteiger partial charge in [-0.1, -0.05) is 0 Å². The molecule has 2 heterocycles. The summed E-state index contributed by atoms with van der Waals surface area (Å²) in [6.07, 6.45) is 1.85. The summed E-state index contributed by atoms with van der Waals surface area (Å²) in [7, 11) is 1.54. The molecule has 0 unspecified atom stereocenters. The number of amides is 1. The number of ether oxygens (including phenoxy) is 2. The lowest BCUT2D eigenvalue weighted by Crippen LogP contribution is -2.29. The second kappa shape index (κ2) is 6.92. The van der Waals surface area contributed by atoms with Crippen LogP contribution in [0.3, 0.4) is 0 Å². The Balaban J connectivity index is 1.90. The lowest BCUT2D eigenvalue weighted by atomic mass is 10.1. The van der Waals surface area contributed by atoms with E-state index in [0.29, 0.717) is 18.6 Å². The molecule has 1 aliphatic heterocycles. The molecule has 1 aromatic heterocycles. The third-order valence-electron chi connectivity index (χ3n) is 3.79. The Morgan fingerprint density at radius 1 is 1.33 bits per heavy atom. The van der Waals surface area contributed by atoms with Crippen LogP contribution in [0.5, 0.6) is 5.88 Å². The fourth-order valence-corrected chi connectivity index (χ4v) is 2.67. The molecule has 2 aromatic rings. The molecule has 0 radical (unpaired) electrons. The van der Waals surface area contributed by atoms with Crippen LogP contribution >= 0.6 is 0 Å². The van der Waals surface area contributed by atoms with E-state index in [9.17, 15) is 13.6 Å². The number of aromatic nitrogens is 1. The van der Waals surface area contributed by atoms with Crippen LogP contribution in [-0.4, -0.2) is 37.8 Å². The highest BCUT2D eigenvalue weighted by molar-refractivity contribution is 6.08. The Labute approximate surface area is 137 Å². The van der Waals surface area contributed by atoms with E-state index in [1.165, 1.54) is 24.3 Å². The van der Waals surface area contributed by atoms with Crippen LogP contribution in [0.15, 0.2) is 30.5 Å². The van der Waals surface area contributed by atoms with Gasteiger partial charge in [0.05, 0.1) is 12.3 Å². The van der Waals surface area contributed by atoms with Crippen molar-refractivity contribution in [3.63, 3.8) is 0 Å². The summed E-state index contributed by atoms with van der Waals surface area (Å²) in [6, 6.07) is 5.19. The Kier molecular flexibility index (Phi) is 4.71. The van der Waals surface area contributed by atoms with Gasteiger partial charge in [-0.15, -0.1) is 0 Å². The van der Waals surface area contributed by atoms with Crippen molar-refractivity contribution in [1.29, 1.82) is 0 Å². The van der Waals surface area contributed by atoms with Crippen LogP contribution in [-0.2, 0) is 11.2 Å². The summed E-state index contributed by atoms with van der Waals surface area (Å²) in [4.78, 5) is 18.2. The van der Waals surface area contributed by atoms with Gasteiger partial charge in [0.25, 0.3) is 5.91 Å². The lowest BCUT2D eigenvalue weighted by Gasteiger charge is -2.19. The fraction of sp³-hybridized carbons (Fsp3) is 0.294. The number of hydrogen-bond donors (Lipinski definition) is 0. The van der Waals surface area contributed by atoms with Crippen molar-refractivity contribution in [2.45, 2.75) is 6.42 Å². The first kappa shape index (κ1) is 16.3. The molecule has 0 atom stereocenters. The number of carbonyl (C=O) groups excluding carboxylic acids is 1. The molecule has 0 aliphatic carbocycles. The van der Waals surface area contributed by atoms with Crippen molar-refractivity contribution in [2.75, 3.05) is 31.8 Å². The van der Waals surface area contributed by atoms with Crippen molar-refractivity contribution < 1.29 is 23.0 Å². The van der Waals surface area contributed by atoms with Crippen molar-refractivity contribution in [2.24, 2.45) is 0 Å². The van der Waals surface area contributed by atoms with Crippen molar-refractivity contribution in [3.05, 3.63) is 53.2 Å². The summed E-state index contributed by atoms with van der Waals surface area (Å²) in [5.74, 6) is -1.58. The zero-order valence-corrected chi connectivity index (χ0v) is 13.1. The van der Waals surface area contributed by atoms with Crippen molar-refractivity contribution in [3.8, 4) is 5.88 Å². The number of pyridine rings is 1. The molecule has 0 fully saturated rings. The molecule has 3 rings (SSSR count). The van der Waals surface area contributed by atoms with Crippen LogP contribution in [0.25, 0.3) is 0 Å². The van der Waals surface area contributed by atoms with Gasteiger partial charge in [-0.3, -0.25) is 4.79 Å². The van der Waals surface area contributed by atoms with Crippen LogP contribution < -0.4 is 9.64 Å². The number of rotatable bonds is 5. The number of fused-ring (bicyclic) bond motifs is 1. The van der Waals surface area contributed by atoms with E-state index < -0.39 is 17.5 Å². The topological polar surface area (TPSA) is 51.7 Å². The summed E-state index contributed by atoms with van der Waals surface area (Å²) in [6.45, 7) is 0.877. The number of nitrogens with zero attached hydrogens (tertiary/aromatic N) is 2. The molecular formula is C17H16F2N2O3. The quantitative estimate of drug-likeness (QED) is 0.789. The molecule has 1 aromatic carbocycles. The molecule has 126 valence electrons. The second-order valence-corrected chi connectivity index (χ2v) is 5.29. The summed E-state index contributed by atoms with van der Waals surface area (Å²) in [5, 5.41) is 0. The van der Waals surface area contributed by atoms with Crippen LogP contribution in [0.4, 0.5) is 14.5 Å². The maximum atomic E-state index is 13.8. The Hall–Kier alpha value is -2.54. The highest BCUT2D eigenvalue weighted by Crippen LogP contribution is 2.33. The van der Waals surface area contributed by atoms with Crippen molar-refractivity contribution in [1.82, 2.24) is 4.98 Å². The Morgan fingerprint density at radius 2 is 2.17 bits per heavy atom. The van der Waals surface area contributed by atoms with Crippen molar-refractivity contribution >= 4 is 11.6 Å². The normalized spacial score (nSPS) is 13.0. The summed E-state index contributed by atoms with van der Waals surface area (Å²) >= 11 is 0. The largest absolute Gasteiger partial charge is 0.475 e. The number of hydrogen-bond acceptors (Lipinski definition) is 4. The van der Waals surface area contributed by atoms with Gasteiger partial charge in [0.15, 0.2) is 0 Å². The molecular weight excluding hydrogens is 318 g/mol. The molecule has 7 heteroatoms. The fourth-order valence-electron chi connectivity index (χ4n) is 2.67. The van der Waals surface area contributed by atoms with E-state index in [0.717, 1.165) is 6.07 Å². The van der Waals surface area contributed by atoms with E-state index in [2.05, 4.69) is 4.98 Å². The number of carbonyl (C=O) groups is 1. The number of methoxy groups -OCH3 is 1. The van der Waals surface area contributed by atoms with Gasteiger partial charge < -0.3 is 14.4 Å². The summed E-state index contributed by atoms with van der Waals surface area (Å²) in [5.41, 5.74) is 0.839. The molecule has 0 spiro atoms.